The van der Waals surface area contributed by atoms with Crippen LogP contribution in [0.5, 0.6) is 0 Å². The van der Waals surface area contributed by atoms with Gasteiger partial charge in [-0.25, -0.2) is 9.97 Å². The van der Waals surface area contributed by atoms with Crippen LogP contribution in [-0.2, 0) is 16.0 Å². The Bertz CT molecular complexity index is 747. The van der Waals surface area contributed by atoms with Crippen molar-refractivity contribution >= 4 is 17.8 Å². The van der Waals surface area contributed by atoms with Crippen molar-refractivity contribution in [1.82, 2.24) is 24.8 Å². The highest BCUT2D eigenvalue weighted by atomic mass is 16.2. The number of aromatic nitrogens is 3. The van der Waals surface area contributed by atoms with E-state index < -0.39 is 0 Å². The monoisotopic (exact) mass is 368 g/mol. The highest BCUT2D eigenvalue weighted by Gasteiger charge is 2.24. The van der Waals surface area contributed by atoms with Crippen LogP contribution < -0.4 is 4.90 Å². The number of pyridine rings is 1. The van der Waals surface area contributed by atoms with Gasteiger partial charge in [0.25, 0.3) is 0 Å². The molecule has 0 N–H and O–H groups in total. The van der Waals surface area contributed by atoms with Crippen LogP contribution in [0.3, 0.4) is 0 Å². The van der Waals surface area contributed by atoms with Gasteiger partial charge in [0.1, 0.15) is 6.42 Å². The summed E-state index contributed by atoms with van der Waals surface area (Å²) in [6, 6.07) is 5.64. The Kier molecular flexibility index (Phi) is 6.30. The normalized spacial score (nSPS) is 14.1. The fourth-order valence-electron chi connectivity index (χ4n) is 2.96. The van der Waals surface area contributed by atoms with Crippen LogP contribution in [-0.4, -0.2) is 76.3 Å². The maximum absolute atomic E-state index is 12.5. The van der Waals surface area contributed by atoms with Gasteiger partial charge in [-0.15, -0.1) is 0 Å². The average Bonchev–Trinajstić information content (AvgIpc) is 2.73. The van der Waals surface area contributed by atoms with Gasteiger partial charge in [-0.05, 0) is 30.2 Å². The number of carbonyl (C=O) groups is 2. The van der Waals surface area contributed by atoms with Gasteiger partial charge in [0.2, 0.25) is 17.8 Å². The number of likely N-dealkylation sites (N-methyl/N-ethyl adjacent to an activating group) is 1. The smallest absolute Gasteiger partial charge is 0.232 e. The van der Waals surface area contributed by atoms with Gasteiger partial charge in [0, 0.05) is 64.6 Å². The van der Waals surface area contributed by atoms with E-state index in [9.17, 15) is 9.59 Å². The Morgan fingerprint density at radius 1 is 1.04 bits per heavy atom. The molecule has 0 atom stereocenters. The lowest BCUT2D eigenvalue weighted by molar-refractivity contribution is -0.140. The Hall–Kier alpha value is -3.03. The number of carbonyl (C=O) groups excluding carboxylic acids is 2. The van der Waals surface area contributed by atoms with E-state index in [4.69, 9.17) is 0 Å². The van der Waals surface area contributed by atoms with Gasteiger partial charge in [-0.2, -0.15) is 0 Å². The molecule has 2 amide bonds. The summed E-state index contributed by atoms with van der Waals surface area (Å²) in [6.07, 6.45) is 7.55. The molecule has 0 unspecified atom stereocenters. The maximum Gasteiger partial charge on any atom is 0.232 e. The molecule has 3 rings (SSSR count). The third-order valence-corrected chi connectivity index (χ3v) is 4.68. The summed E-state index contributed by atoms with van der Waals surface area (Å²) in [6.45, 7) is 3.06. The predicted octanol–water partition coefficient (Wildman–Crippen LogP) is 0.611. The van der Waals surface area contributed by atoms with E-state index in [1.165, 1.54) is 0 Å². The van der Waals surface area contributed by atoms with Crippen molar-refractivity contribution in [3.05, 3.63) is 48.5 Å². The molecule has 0 aromatic carbocycles. The second kappa shape index (κ2) is 9.07. The van der Waals surface area contributed by atoms with Crippen molar-refractivity contribution in [3.63, 3.8) is 0 Å². The lowest BCUT2D eigenvalue weighted by Gasteiger charge is -2.34. The summed E-state index contributed by atoms with van der Waals surface area (Å²) in [4.78, 5) is 42.7. The van der Waals surface area contributed by atoms with Gasteiger partial charge in [-0.1, -0.05) is 0 Å². The minimum Gasteiger partial charge on any atom is -0.345 e. The SMILES string of the molecule is CN(CCc1ccncc1)C(=O)CC(=O)N1CCN(c2ncccn2)CC1. The van der Waals surface area contributed by atoms with Crippen LogP contribution in [0, 0.1) is 0 Å². The molecule has 0 saturated carbocycles. The van der Waals surface area contributed by atoms with Crippen LogP contribution >= 0.6 is 0 Å². The fourth-order valence-corrected chi connectivity index (χ4v) is 2.96. The van der Waals surface area contributed by atoms with E-state index >= 15 is 0 Å². The first-order chi connectivity index (χ1) is 13.1. The molecule has 0 aliphatic carbocycles. The highest BCUT2D eigenvalue weighted by Crippen LogP contribution is 2.11. The lowest BCUT2D eigenvalue weighted by atomic mass is 10.2. The van der Waals surface area contributed by atoms with Crippen LogP contribution in [0.1, 0.15) is 12.0 Å². The molecular weight excluding hydrogens is 344 g/mol. The van der Waals surface area contributed by atoms with E-state index in [0.717, 1.165) is 12.0 Å². The molecule has 1 aliphatic rings. The van der Waals surface area contributed by atoms with Gasteiger partial charge < -0.3 is 14.7 Å². The van der Waals surface area contributed by atoms with Crippen molar-refractivity contribution in [3.8, 4) is 0 Å². The first-order valence-corrected chi connectivity index (χ1v) is 9.06. The minimum absolute atomic E-state index is 0.0886. The molecule has 27 heavy (non-hydrogen) atoms. The number of anilines is 1. The Morgan fingerprint density at radius 3 is 2.37 bits per heavy atom. The Labute approximate surface area is 158 Å². The highest BCUT2D eigenvalue weighted by molar-refractivity contribution is 5.96. The zero-order valence-corrected chi connectivity index (χ0v) is 15.5. The molecule has 1 aliphatic heterocycles. The van der Waals surface area contributed by atoms with Crippen LogP contribution in [0.25, 0.3) is 0 Å². The number of hydrogen-bond acceptors (Lipinski definition) is 6. The summed E-state index contributed by atoms with van der Waals surface area (Å²) in [5.74, 6) is 0.406. The molecule has 1 saturated heterocycles. The molecule has 8 nitrogen and oxygen atoms in total. The summed E-state index contributed by atoms with van der Waals surface area (Å²) in [7, 11) is 1.74. The van der Waals surface area contributed by atoms with E-state index in [-0.39, 0.29) is 18.2 Å². The third kappa shape index (κ3) is 5.22. The second-order valence-corrected chi connectivity index (χ2v) is 6.51. The van der Waals surface area contributed by atoms with Crippen molar-refractivity contribution in [1.29, 1.82) is 0 Å². The molecule has 142 valence electrons. The molecule has 3 heterocycles. The Morgan fingerprint density at radius 2 is 1.70 bits per heavy atom. The first kappa shape index (κ1) is 18.8. The molecule has 1 fully saturated rings. The summed E-state index contributed by atoms with van der Waals surface area (Å²) in [5, 5.41) is 0. The van der Waals surface area contributed by atoms with Crippen LogP contribution in [0.4, 0.5) is 5.95 Å². The van der Waals surface area contributed by atoms with Crippen LogP contribution in [0.2, 0.25) is 0 Å². The van der Waals surface area contributed by atoms with E-state index in [0.29, 0.717) is 38.7 Å². The second-order valence-electron chi connectivity index (χ2n) is 6.51. The first-order valence-electron chi connectivity index (χ1n) is 9.06. The van der Waals surface area contributed by atoms with Gasteiger partial charge in [-0.3, -0.25) is 14.6 Å². The standard InChI is InChI=1S/C19H24N6O2/c1-23(10-5-16-3-8-20-9-4-16)17(26)15-18(27)24-11-13-25(14-12-24)19-21-6-2-7-22-19/h2-4,6-9H,5,10-15H2,1H3. The van der Waals surface area contributed by atoms with E-state index in [2.05, 4.69) is 15.0 Å². The number of piperazine rings is 1. The van der Waals surface area contributed by atoms with E-state index in [1.807, 2.05) is 17.0 Å². The summed E-state index contributed by atoms with van der Waals surface area (Å²) >= 11 is 0. The third-order valence-electron chi connectivity index (χ3n) is 4.68. The molecular formula is C19H24N6O2. The topological polar surface area (TPSA) is 82.5 Å². The largest absolute Gasteiger partial charge is 0.345 e. The maximum atomic E-state index is 12.5. The van der Waals surface area contributed by atoms with Gasteiger partial charge in [0.05, 0.1) is 0 Å². The number of rotatable bonds is 6. The fraction of sp³-hybridized carbons (Fsp3) is 0.421. The predicted molar refractivity (Wildman–Crippen MR) is 101 cm³/mol. The number of hydrogen-bond donors (Lipinski definition) is 0. The zero-order valence-electron chi connectivity index (χ0n) is 15.5. The van der Waals surface area contributed by atoms with Crippen molar-refractivity contribution < 1.29 is 9.59 Å². The van der Waals surface area contributed by atoms with Crippen molar-refractivity contribution in [2.45, 2.75) is 12.8 Å². The quantitative estimate of drug-likeness (QED) is 0.695. The minimum atomic E-state index is -0.150. The molecule has 0 bridgehead atoms. The average molecular weight is 368 g/mol. The van der Waals surface area contributed by atoms with Crippen LogP contribution in [0.15, 0.2) is 43.0 Å². The molecule has 8 heteroatoms. The molecule has 2 aromatic heterocycles. The summed E-state index contributed by atoms with van der Waals surface area (Å²) < 4.78 is 0. The molecule has 2 aromatic rings. The Balaban J connectivity index is 1.42. The van der Waals surface area contributed by atoms with E-state index in [1.54, 1.807) is 47.7 Å². The van der Waals surface area contributed by atoms with Crippen molar-refractivity contribution in [2.24, 2.45) is 0 Å². The number of amides is 2. The number of nitrogens with zero attached hydrogens (tertiary/aromatic N) is 6. The summed E-state index contributed by atoms with van der Waals surface area (Å²) in [5.41, 5.74) is 1.12. The van der Waals surface area contributed by atoms with Gasteiger partial charge >= 0.3 is 0 Å². The molecule has 0 radical (unpaired) electrons. The molecule has 0 spiro atoms. The zero-order chi connectivity index (χ0) is 19.1. The lowest BCUT2D eigenvalue weighted by Crippen LogP contribution is -2.50. The van der Waals surface area contributed by atoms with Crippen molar-refractivity contribution in [2.75, 3.05) is 44.7 Å². The van der Waals surface area contributed by atoms with Gasteiger partial charge in [0.15, 0.2) is 0 Å².